The van der Waals surface area contributed by atoms with Gasteiger partial charge in [-0.1, -0.05) is 18.2 Å². The van der Waals surface area contributed by atoms with E-state index in [9.17, 15) is 4.79 Å². The lowest BCUT2D eigenvalue weighted by Crippen LogP contribution is -2.22. The molecule has 0 aliphatic heterocycles. The molecule has 1 aromatic carbocycles. The van der Waals surface area contributed by atoms with Crippen LogP contribution in [0.3, 0.4) is 0 Å². The Bertz CT molecular complexity index is 575. The molecule has 1 heterocycles. The van der Waals surface area contributed by atoms with Crippen molar-refractivity contribution in [2.75, 3.05) is 20.7 Å². The molecule has 4 heteroatoms. The van der Waals surface area contributed by atoms with Crippen LogP contribution in [0.4, 0.5) is 0 Å². The first kappa shape index (κ1) is 13.6. The zero-order chi connectivity index (χ0) is 13.8. The lowest BCUT2D eigenvalue weighted by Gasteiger charge is -2.16. The number of methoxy groups -OCH3 is 1. The number of aromatic nitrogens is 1. The van der Waals surface area contributed by atoms with Crippen molar-refractivity contribution in [1.82, 2.24) is 9.88 Å². The van der Waals surface area contributed by atoms with E-state index in [0.29, 0.717) is 13.0 Å². The average Bonchev–Trinajstić information content (AvgIpc) is 2.72. The molecule has 2 aromatic rings. The fraction of sp³-hybridized carbons (Fsp3) is 0.400. The van der Waals surface area contributed by atoms with E-state index >= 15 is 0 Å². The number of hydrogen-bond donors (Lipinski definition) is 1. The highest BCUT2D eigenvalue weighted by Crippen LogP contribution is 2.22. The number of fused-ring (bicyclic) bond motifs is 1. The van der Waals surface area contributed by atoms with Gasteiger partial charge in [-0.3, -0.25) is 4.79 Å². The minimum absolute atomic E-state index is 0.164. The predicted octanol–water partition coefficient (Wildman–Crippen LogP) is 2.47. The van der Waals surface area contributed by atoms with Crippen LogP contribution in [0, 0.1) is 6.92 Å². The summed E-state index contributed by atoms with van der Waals surface area (Å²) in [6, 6.07) is 8.29. The second-order valence-electron chi connectivity index (χ2n) is 4.84. The molecule has 0 radical (unpaired) electrons. The number of carbonyl (C=O) groups excluding carboxylic acids is 1. The Kier molecular flexibility index (Phi) is 4.22. The van der Waals surface area contributed by atoms with E-state index in [1.807, 2.05) is 19.2 Å². The number of ether oxygens (including phenoxy) is 1. The second-order valence-corrected chi connectivity index (χ2v) is 4.84. The molecule has 0 spiro atoms. The van der Waals surface area contributed by atoms with Gasteiger partial charge >= 0.3 is 5.97 Å². The predicted molar refractivity (Wildman–Crippen MR) is 76.0 cm³/mol. The van der Waals surface area contributed by atoms with Crippen molar-refractivity contribution in [3.05, 3.63) is 35.5 Å². The van der Waals surface area contributed by atoms with Gasteiger partial charge in [0.15, 0.2) is 0 Å². The Morgan fingerprint density at radius 3 is 2.84 bits per heavy atom. The summed E-state index contributed by atoms with van der Waals surface area (Å²) in [5.41, 5.74) is 3.64. The van der Waals surface area contributed by atoms with Gasteiger partial charge in [0.25, 0.3) is 0 Å². The van der Waals surface area contributed by atoms with Crippen LogP contribution in [0.5, 0.6) is 0 Å². The third-order valence-corrected chi connectivity index (χ3v) is 3.38. The maximum Gasteiger partial charge on any atom is 0.306 e. The highest BCUT2D eigenvalue weighted by Gasteiger charge is 2.11. The third kappa shape index (κ3) is 3.15. The number of carbonyl (C=O) groups is 1. The van der Waals surface area contributed by atoms with Gasteiger partial charge < -0.3 is 14.6 Å². The fourth-order valence-corrected chi connectivity index (χ4v) is 2.27. The summed E-state index contributed by atoms with van der Waals surface area (Å²) < 4.78 is 4.66. The summed E-state index contributed by atoms with van der Waals surface area (Å²) in [6.07, 6.45) is 0.425. The van der Waals surface area contributed by atoms with Gasteiger partial charge in [0.1, 0.15) is 0 Å². The summed E-state index contributed by atoms with van der Waals surface area (Å²) >= 11 is 0. The van der Waals surface area contributed by atoms with E-state index in [4.69, 9.17) is 0 Å². The van der Waals surface area contributed by atoms with Crippen molar-refractivity contribution in [1.29, 1.82) is 0 Å². The van der Waals surface area contributed by atoms with Crippen LogP contribution in [-0.4, -0.2) is 36.6 Å². The van der Waals surface area contributed by atoms with Gasteiger partial charge in [-0.2, -0.15) is 0 Å². The first-order chi connectivity index (χ1) is 9.11. The Morgan fingerprint density at radius 1 is 1.37 bits per heavy atom. The van der Waals surface area contributed by atoms with Crippen molar-refractivity contribution in [3.63, 3.8) is 0 Å². The Labute approximate surface area is 113 Å². The monoisotopic (exact) mass is 260 g/mol. The first-order valence-corrected chi connectivity index (χ1v) is 6.43. The molecule has 0 unspecified atom stereocenters. The molecule has 0 fully saturated rings. The fourth-order valence-electron chi connectivity index (χ4n) is 2.27. The number of para-hydroxylation sites is 1. The molecule has 4 nitrogen and oxygen atoms in total. The van der Waals surface area contributed by atoms with Crippen LogP contribution < -0.4 is 0 Å². The Hall–Kier alpha value is -1.81. The Balaban J connectivity index is 2.08. The van der Waals surface area contributed by atoms with E-state index < -0.39 is 0 Å². The van der Waals surface area contributed by atoms with Crippen LogP contribution in [-0.2, 0) is 16.1 Å². The smallest absolute Gasteiger partial charge is 0.306 e. The van der Waals surface area contributed by atoms with Gasteiger partial charge in [-0.05, 0) is 25.6 Å². The maximum absolute atomic E-state index is 11.1. The van der Waals surface area contributed by atoms with E-state index in [1.54, 1.807) is 0 Å². The number of rotatable bonds is 5. The van der Waals surface area contributed by atoms with Gasteiger partial charge in [0.2, 0.25) is 0 Å². The molecular weight excluding hydrogens is 240 g/mol. The lowest BCUT2D eigenvalue weighted by molar-refractivity contribution is -0.140. The normalized spacial score (nSPS) is 11.2. The van der Waals surface area contributed by atoms with E-state index in [0.717, 1.165) is 12.1 Å². The summed E-state index contributed by atoms with van der Waals surface area (Å²) in [4.78, 5) is 16.7. The van der Waals surface area contributed by atoms with Crippen molar-refractivity contribution >= 4 is 16.9 Å². The topological polar surface area (TPSA) is 45.3 Å². The molecule has 0 aliphatic rings. The quantitative estimate of drug-likeness (QED) is 0.840. The first-order valence-electron chi connectivity index (χ1n) is 6.43. The third-order valence-electron chi connectivity index (χ3n) is 3.38. The second kappa shape index (κ2) is 5.89. The number of H-pyrrole nitrogens is 1. The number of benzene rings is 1. The molecule has 0 amide bonds. The van der Waals surface area contributed by atoms with Crippen LogP contribution in [0.2, 0.25) is 0 Å². The highest BCUT2D eigenvalue weighted by atomic mass is 16.5. The SMILES string of the molecule is COC(=O)CCN(C)Cc1c(C)[nH]c2ccccc12. The molecule has 0 saturated carbocycles. The van der Waals surface area contributed by atoms with Crippen LogP contribution in [0.25, 0.3) is 10.9 Å². The molecule has 19 heavy (non-hydrogen) atoms. The molecule has 2 rings (SSSR count). The summed E-state index contributed by atoms with van der Waals surface area (Å²) in [7, 11) is 3.44. The summed E-state index contributed by atoms with van der Waals surface area (Å²) in [6.45, 7) is 3.61. The number of aromatic amines is 1. The molecular formula is C15H20N2O2. The van der Waals surface area contributed by atoms with Gasteiger partial charge in [-0.15, -0.1) is 0 Å². The number of nitrogens with one attached hydrogen (secondary N) is 1. The molecule has 102 valence electrons. The minimum Gasteiger partial charge on any atom is -0.469 e. The average molecular weight is 260 g/mol. The molecule has 0 atom stereocenters. The summed E-state index contributed by atoms with van der Waals surface area (Å²) in [5.74, 6) is -0.164. The van der Waals surface area contributed by atoms with Crippen molar-refractivity contribution < 1.29 is 9.53 Å². The largest absolute Gasteiger partial charge is 0.469 e. The molecule has 0 saturated heterocycles. The van der Waals surface area contributed by atoms with Crippen LogP contribution >= 0.6 is 0 Å². The zero-order valence-electron chi connectivity index (χ0n) is 11.7. The van der Waals surface area contributed by atoms with Gasteiger partial charge in [0, 0.05) is 29.7 Å². The van der Waals surface area contributed by atoms with E-state index in [2.05, 4.69) is 33.7 Å². The standard InChI is InChI=1S/C15H20N2O2/c1-11-13(10-17(2)9-8-15(18)19-3)12-6-4-5-7-14(12)16-11/h4-7,16H,8-10H2,1-3H3. The molecule has 1 N–H and O–H groups in total. The lowest BCUT2D eigenvalue weighted by atomic mass is 10.1. The van der Waals surface area contributed by atoms with E-state index in [1.165, 1.54) is 23.8 Å². The van der Waals surface area contributed by atoms with Gasteiger partial charge in [-0.25, -0.2) is 0 Å². The number of aryl methyl sites for hydroxylation is 1. The number of esters is 1. The zero-order valence-corrected chi connectivity index (χ0v) is 11.7. The van der Waals surface area contributed by atoms with E-state index in [-0.39, 0.29) is 5.97 Å². The molecule has 0 bridgehead atoms. The summed E-state index contributed by atoms with van der Waals surface area (Å²) in [5, 5.41) is 1.25. The molecule has 0 aliphatic carbocycles. The number of hydrogen-bond acceptors (Lipinski definition) is 3. The van der Waals surface area contributed by atoms with Crippen molar-refractivity contribution in [3.8, 4) is 0 Å². The van der Waals surface area contributed by atoms with Crippen LogP contribution in [0.15, 0.2) is 24.3 Å². The maximum atomic E-state index is 11.1. The highest BCUT2D eigenvalue weighted by molar-refractivity contribution is 5.84. The Morgan fingerprint density at radius 2 is 2.11 bits per heavy atom. The van der Waals surface area contributed by atoms with Gasteiger partial charge in [0.05, 0.1) is 13.5 Å². The molecule has 1 aromatic heterocycles. The van der Waals surface area contributed by atoms with Crippen molar-refractivity contribution in [2.45, 2.75) is 19.9 Å². The van der Waals surface area contributed by atoms with Crippen molar-refractivity contribution in [2.24, 2.45) is 0 Å². The number of nitrogens with zero attached hydrogens (tertiary/aromatic N) is 1. The van der Waals surface area contributed by atoms with Crippen LogP contribution in [0.1, 0.15) is 17.7 Å². The minimum atomic E-state index is -0.164.